The number of thiazole rings is 1. The molecule has 0 fully saturated rings. The van der Waals surface area contributed by atoms with Crippen molar-refractivity contribution in [3.8, 4) is 0 Å². The molecule has 1 heterocycles. The van der Waals surface area contributed by atoms with Crippen LogP contribution in [-0.2, 0) is 10.2 Å². The number of aliphatic carboxylic acids is 1. The molecule has 0 aliphatic rings. The van der Waals surface area contributed by atoms with E-state index < -0.39 is 11.9 Å². The molecular weight excluding hydrogens is 324 g/mol. The van der Waals surface area contributed by atoms with Gasteiger partial charge in [-0.25, -0.2) is 9.78 Å². The molecule has 0 saturated carbocycles. The Morgan fingerprint density at radius 3 is 2.29 bits per heavy atom. The van der Waals surface area contributed by atoms with E-state index in [9.17, 15) is 14.7 Å². The van der Waals surface area contributed by atoms with Gasteiger partial charge in [0, 0.05) is 5.56 Å². The van der Waals surface area contributed by atoms with Gasteiger partial charge in [0.15, 0.2) is 0 Å². The number of carbonyl (C=O) groups excluding carboxylic acids is 1. The van der Waals surface area contributed by atoms with Gasteiger partial charge >= 0.3 is 5.97 Å². The second-order valence-electron chi connectivity index (χ2n) is 6.45. The quantitative estimate of drug-likeness (QED) is 0.831. The molecule has 1 aromatic carbocycles. The third-order valence-electron chi connectivity index (χ3n) is 3.55. The summed E-state index contributed by atoms with van der Waals surface area (Å²) in [5.41, 5.74) is 3.69. The highest BCUT2D eigenvalue weighted by molar-refractivity contribution is 7.10. The lowest BCUT2D eigenvalue weighted by Crippen LogP contribution is -2.27. The van der Waals surface area contributed by atoms with Crippen LogP contribution in [0.5, 0.6) is 0 Å². The number of rotatable bonds is 4. The van der Waals surface area contributed by atoms with E-state index in [2.05, 4.69) is 31.1 Å². The molecule has 0 saturated heterocycles. The van der Waals surface area contributed by atoms with Crippen molar-refractivity contribution < 1.29 is 14.7 Å². The fourth-order valence-corrected chi connectivity index (χ4v) is 2.78. The average Bonchev–Trinajstić information content (AvgIpc) is 2.91. The molecule has 0 bridgehead atoms. The molecule has 2 N–H and O–H groups in total. The second kappa shape index (κ2) is 6.97. The number of aromatic nitrogens is 1. The van der Waals surface area contributed by atoms with Crippen LogP contribution in [-0.4, -0.2) is 22.0 Å². The van der Waals surface area contributed by atoms with Gasteiger partial charge < -0.3 is 10.4 Å². The van der Waals surface area contributed by atoms with Crippen molar-refractivity contribution in [1.29, 1.82) is 0 Å². The molecule has 0 aliphatic heterocycles. The van der Waals surface area contributed by atoms with E-state index in [1.807, 2.05) is 12.1 Å². The molecule has 0 unspecified atom stereocenters. The van der Waals surface area contributed by atoms with E-state index in [-0.39, 0.29) is 11.1 Å². The lowest BCUT2D eigenvalue weighted by atomic mass is 9.87. The van der Waals surface area contributed by atoms with Crippen molar-refractivity contribution >= 4 is 29.3 Å². The van der Waals surface area contributed by atoms with Crippen LogP contribution in [0.1, 0.15) is 47.3 Å². The summed E-state index contributed by atoms with van der Waals surface area (Å²) in [4.78, 5) is 28.5. The number of carboxylic acid groups (broad SMARTS) is 1. The second-order valence-corrected chi connectivity index (χ2v) is 7.33. The smallest absolute Gasteiger partial charge is 0.352 e. The van der Waals surface area contributed by atoms with Gasteiger partial charge in [0.05, 0.1) is 16.1 Å². The zero-order valence-electron chi connectivity index (χ0n) is 14.1. The van der Waals surface area contributed by atoms with Crippen LogP contribution in [0.2, 0.25) is 0 Å². The molecule has 2 rings (SSSR count). The number of amides is 1. The van der Waals surface area contributed by atoms with Crippen molar-refractivity contribution in [1.82, 2.24) is 10.3 Å². The maximum Gasteiger partial charge on any atom is 0.352 e. The topological polar surface area (TPSA) is 79.3 Å². The van der Waals surface area contributed by atoms with E-state index in [4.69, 9.17) is 0 Å². The monoisotopic (exact) mass is 344 g/mol. The standard InChI is InChI=1S/C18H20N2O3S/c1-11-15(24-10-19-11)9-14(17(22)23)20-16(21)12-5-7-13(8-6-12)18(2,3)4/h5-10H,1-4H3,(H,20,21)(H,22,23)/b14-9+. The third-order valence-corrected chi connectivity index (χ3v) is 4.43. The molecule has 126 valence electrons. The van der Waals surface area contributed by atoms with E-state index in [1.165, 1.54) is 17.4 Å². The van der Waals surface area contributed by atoms with Gasteiger partial charge in [-0.1, -0.05) is 32.9 Å². The molecule has 1 amide bonds. The summed E-state index contributed by atoms with van der Waals surface area (Å²) in [6.45, 7) is 8.05. The van der Waals surface area contributed by atoms with Gasteiger partial charge in [0.1, 0.15) is 5.70 Å². The SMILES string of the molecule is Cc1ncsc1/C=C(/NC(=O)c1ccc(C(C)(C)C)cc1)C(=O)O. The molecule has 1 aromatic heterocycles. The van der Waals surface area contributed by atoms with Crippen LogP contribution >= 0.6 is 11.3 Å². The summed E-state index contributed by atoms with van der Waals surface area (Å²) in [5, 5.41) is 11.8. The van der Waals surface area contributed by atoms with Crippen molar-refractivity contribution in [2.75, 3.05) is 0 Å². The first-order chi connectivity index (χ1) is 11.2. The van der Waals surface area contributed by atoms with Gasteiger partial charge in [0.2, 0.25) is 0 Å². The van der Waals surface area contributed by atoms with Crippen LogP contribution < -0.4 is 5.32 Å². The average molecular weight is 344 g/mol. The Labute approximate surface area is 145 Å². The number of hydrogen-bond acceptors (Lipinski definition) is 4. The van der Waals surface area contributed by atoms with Gasteiger partial charge in [-0.2, -0.15) is 0 Å². The molecule has 2 aromatic rings. The Hall–Kier alpha value is -2.47. The van der Waals surface area contributed by atoms with Crippen LogP contribution in [0, 0.1) is 6.92 Å². The maximum atomic E-state index is 12.3. The van der Waals surface area contributed by atoms with Gasteiger partial charge in [-0.15, -0.1) is 11.3 Å². The Morgan fingerprint density at radius 1 is 1.21 bits per heavy atom. The largest absolute Gasteiger partial charge is 0.477 e. The summed E-state index contributed by atoms with van der Waals surface area (Å²) in [6, 6.07) is 7.17. The van der Waals surface area contributed by atoms with Gasteiger partial charge in [-0.05, 0) is 36.1 Å². The molecule has 6 heteroatoms. The summed E-state index contributed by atoms with van der Waals surface area (Å²) in [7, 11) is 0. The first-order valence-corrected chi connectivity index (χ1v) is 8.33. The van der Waals surface area contributed by atoms with Crippen molar-refractivity contribution in [3.63, 3.8) is 0 Å². The normalized spacial score (nSPS) is 12.1. The molecular formula is C18H20N2O3S. The molecule has 24 heavy (non-hydrogen) atoms. The first-order valence-electron chi connectivity index (χ1n) is 7.45. The van der Waals surface area contributed by atoms with Gasteiger partial charge in [0.25, 0.3) is 5.91 Å². The zero-order valence-corrected chi connectivity index (χ0v) is 14.9. The Bertz CT molecular complexity index is 783. The third kappa shape index (κ3) is 4.29. The minimum absolute atomic E-state index is 0.00910. The number of nitrogens with zero attached hydrogens (tertiary/aromatic N) is 1. The van der Waals surface area contributed by atoms with Crippen LogP contribution in [0.15, 0.2) is 35.5 Å². The molecule has 0 aliphatic carbocycles. The van der Waals surface area contributed by atoms with Crippen molar-refractivity contribution in [2.24, 2.45) is 0 Å². The highest BCUT2D eigenvalue weighted by Gasteiger charge is 2.17. The van der Waals surface area contributed by atoms with Gasteiger partial charge in [-0.3, -0.25) is 4.79 Å². The highest BCUT2D eigenvalue weighted by Crippen LogP contribution is 2.22. The number of nitrogens with one attached hydrogen (secondary N) is 1. The van der Waals surface area contributed by atoms with Crippen LogP contribution in [0.4, 0.5) is 0 Å². The summed E-state index contributed by atoms with van der Waals surface area (Å²) < 4.78 is 0. The minimum Gasteiger partial charge on any atom is -0.477 e. The fraction of sp³-hybridized carbons (Fsp3) is 0.278. The van der Waals surface area contributed by atoms with Crippen LogP contribution in [0.25, 0.3) is 6.08 Å². The Balaban J connectivity index is 2.21. The lowest BCUT2D eigenvalue weighted by Gasteiger charge is -2.19. The van der Waals surface area contributed by atoms with E-state index in [1.54, 1.807) is 24.6 Å². The molecule has 0 radical (unpaired) electrons. The summed E-state index contributed by atoms with van der Waals surface area (Å²) in [5.74, 6) is -1.64. The highest BCUT2D eigenvalue weighted by atomic mass is 32.1. The molecule has 0 spiro atoms. The number of hydrogen-bond donors (Lipinski definition) is 2. The molecule has 5 nitrogen and oxygen atoms in total. The van der Waals surface area contributed by atoms with E-state index >= 15 is 0 Å². The number of aryl methyl sites for hydroxylation is 1. The Morgan fingerprint density at radius 2 is 1.83 bits per heavy atom. The molecule has 0 atom stereocenters. The maximum absolute atomic E-state index is 12.3. The fourth-order valence-electron chi connectivity index (χ4n) is 2.05. The Kier molecular flexibility index (Phi) is 5.19. The van der Waals surface area contributed by atoms with E-state index in [0.29, 0.717) is 10.4 Å². The predicted molar refractivity (Wildman–Crippen MR) is 95.1 cm³/mol. The predicted octanol–water partition coefficient (Wildman–Crippen LogP) is 3.60. The zero-order chi connectivity index (χ0) is 17.9. The minimum atomic E-state index is -1.19. The van der Waals surface area contributed by atoms with Crippen LogP contribution in [0.3, 0.4) is 0 Å². The van der Waals surface area contributed by atoms with Crippen molar-refractivity contribution in [2.45, 2.75) is 33.1 Å². The number of carbonyl (C=O) groups is 2. The van der Waals surface area contributed by atoms with Crippen molar-refractivity contribution in [3.05, 3.63) is 57.2 Å². The summed E-state index contributed by atoms with van der Waals surface area (Å²) in [6.07, 6.45) is 1.43. The lowest BCUT2D eigenvalue weighted by molar-refractivity contribution is -0.132. The number of benzene rings is 1. The number of carboxylic acids is 1. The first kappa shape index (κ1) is 17.9. The summed E-state index contributed by atoms with van der Waals surface area (Å²) >= 11 is 1.32. The van der Waals surface area contributed by atoms with E-state index in [0.717, 1.165) is 11.3 Å².